The van der Waals surface area contributed by atoms with E-state index in [1.807, 2.05) is 50.2 Å². The van der Waals surface area contributed by atoms with Crippen molar-refractivity contribution < 1.29 is 4.79 Å². The van der Waals surface area contributed by atoms with Crippen LogP contribution in [0.25, 0.3) is 0 Å². The summed E-state index contributed by atoms with van der Waals surface area (Å²) < 4.78 is 0. The number of fused-ring (bicyclic) bond motifs is 1. The van der Waals surface area contributed by atoms with Crippen LogP contribution in [-0.4, -0.2) is 5.91 Å². The molecule has 1 aliphatic carbocycles. The van der Waals surface area contributed by atoms with E-state index in [-0.39, 0.29) is 5.91 Å². The third kappa shape index (κ3) is 3.34. The monoisotopic (exact) mass is 412 g/mol. The molecule has 1 unspecified atom stereocenters. The summed E-state index contributed by atoms with van der Waals surface area (Å²) in [6, 6.07) is 11.5. The van der Waals surface area contributed by atoms with Gasteiger partial charge >= 0.3 is 0 Å². The topological polar surface area (TPSA) is 32.3 Å². The first-order valence-corrected chi connectivity index (χ1v) is 10.2. The molecule has 0 radical (unpaired) electrons. The third-order valence-corrected chi connectivity index (χ3v) is 6.20. The van der Waals surface area contributed by atoms with Crippen LogP contribution in [-0.2, 0) is 4.79 Å². The number of benzene rings is 2. The number of allylic oxidation sites excluding steroid dienone is 2. The molecule has 0 saturated heterocycles. The molecule has 2 aromatic rings. The Morgan fingerprint density at radius 3 is 2.39 bits per heavy atom. The normalized spacial score (nSPS) is 19.0. The summed E-state index contributed by atoms with van der Waals surface area (Å²) in [5, 5.41) is 4.67. The fraction of sp³-hybridized carbons (Fsp3) is 0.261. The van der Waals surface area contributed by atoms with Crippen LogP contribution in [0.15, 0.2) is 59.4 Å². The van der Waals surface area contributed by atoms with Gasteiger partial charge in [-0.2, -0.15) is 0 Å². The predicted octanol–water partition coefficient (Wildman–Crippen LogP) is 6.64. The smallest absolute Gasteiger partial charge is 0.279 e. The Bertz CT molecular complexity index is 1040. The van der Waals surface area contributed by atoms with Crippen LogP contribution in [0, 0.1) is 19.8 Å². The molecule has 1 atom stereocenters. The maximum absolute atomic E-state index is 13.4. The molecule has 1 amide bonds. The molecule has 4 rings (SSSR count). The fourth-order valence-electron chi connectivity index (χ4n) is 3.70. The minimum atomic E-state index is -0.0630. The number of hydrogen-bond donors (Lipinski definition) is 1. The average molecular weight is 413 g/mol. The minimum Gasteiger partial charge on any atom is -0.351 e. The number of nitrogens with one attached hydrogen (secondary N) is 1. The molecule has 2 aliphatic rings. The zero-order chi connectivity index (χ0) is 20.0. The van der Waals surface area contributed by atoms with E-state index in [9.17, 15) is 4.79 Å². The Morgan fingerprint density at radius 1 is 1.04 bits per heavy atom. The van der Waals surface area contributed by atoms with Crippen LogP contribution < -0.4 is 10.2 Å². The molecule has 28 heavy (non-hydrogen) atoms. The number of carbonyl (C=O) groups is 1. The number of hydrogen-bond acceptors (Lipinski definition) is 2. The maximum atomic E-state index is 13.4. The molecule has 5 heteroatoms. The third-order valence-electron chi connectivity index (χ3n) is 5.39. The van der Waals surface area contributed by atoms with Crippen molar-refractivity contribution in [3.8, 4) is 0 Å². The Labute approximate surface area is 175 Å². The van der Waals surface area contributed by atoms with Gasteiger partial charge in [0, 0.05) is 21.3 Å². The molecule has 0 spiro atoms. The first-order valence-electron chi connectivity index (χ1n) is 9.42. The highest BCUT2D eigenvalue weighted by Gasteiger charge is 2.38. The zero-order valence-electron chi connectivity index (χ0n) is 16.1. The van der Waals surface area contributed by atoms with Gasteiger partial charge in [0.25, 0.3) is 5.91 Å². The van der Waals surface area contributed by atoms with Crippen LogP contribution >= 0.6 is 23.2 Å². The predicted molar refractivity (Wildman–Crippen MR) is 117 cm³/mol. The number of aryl methyl sites for hydroxylation is 2. The molecule has 2 aromatic carbocycles. The van der Waals surface area contributed by atoms with Gasteiger partial charge in [0.2, 0.25) is 0 Å². The van der Waals surface area contributed by atoms with Crippen LogP contribution in [0.2, 0.25) is 10.0 Å². The van der Waals surface area contributed by atoms with Crippen molar-refractivity contribution in [3.63, 3.8) is 0 Å². The van der Waals surface area contributed by atoms with Crippen LogP contribution in [0.4, 0.5) is 11.4 Å². The van der Waals surface area contributed by atoms with E-state index in [1.165, 1.54) is 0 Å². The number of anilines is 2. The second-order valence-electron chi connectivity index (χ2n) is 7.65. The molecule has 0 fully saturated rings. The second kappa shape index (κ2) is 7.31. The lowest BCUT2D eigenvalue weighted by Crippen LogP contribution is -2.27. The van der Waals surface area contributed by atoms with E-state index in [0.717, 1.165) is 46.6 Å². The van der Waals surface area contributed by atoms with Gasteiger partial charge < -0.3 is 5.32 Å². The van der Waals surface area contributed by atoms with Crippen molar-refractivity contribution in [2.75, 3.05) is 10.2 Å². The van der Waals surface area contributed by atoms with Gasteiger partial charge in [0.1, 0.15) is 5.70 Å². The summed E-state index contributed by atoms with van der Waals surface area (Å²) in [6.07, 6.45) is 3.97. The lowest BCUT2D eigenvalue weighted by Gasteiger charge is -2.25. The summed E-state index contributed by atoms with van der Waals surface area (Å²) in [6.45, 7) is 6.12. The highest BCUT2D eigenvalue weighted by molar-refractivity contribution is 6.32. The highest BCUT2D eigenvalue weighted by atomic mass is 35.5. The molecule has 0 bridgehead atoms. The molecular formula is C23H22Cl2N2O. The maximum Gasteiger partial charge on any atom is 0.279 e. The Hall–Kier alpha value is -2.23. The van der Waals surface area contributed by atoms with Crippen molar-refractivity contribution in [3.05, 3.63) is 80.6 Å². The van der Waals surface area contributed by atoms with Gasteiger partial charge in [0.15, 0.2) is 0 Å². The van der Waals surface area contributed by atoms with Crippen molar-refractivity contribution in [1.29, 1.82) is 0 Å². The van der Waals surface area contributed by atoms with Crippen LogP contribution in [0.5, 0.6) is 0 Å². The molecule has 1 heterocycles. The van der Waals surface area contributed by atoms with Crippen molar-refractivity contribution in [2.45, 2.75) is 33.6 Å². The summed E-state index contributed by atoms with van der Waals surface area (Å²) in [5.74, 6) is 0.429. The van der Waals surface area contributed by atoms with Gasteiger partial charge in [-0.15, -0.1) is 0 Å². The zero-order valence-corrected chi connectivity index (χ0v) is 17.7. The number of carbonyl (C=O) groups excluding carboxylic acids is 1. The largest absolute Gasteiger partial charge is 0.351 e. The van der Waals surface area contributed by atoms with Gasteiger partial charge in [-0.3, -0.25) is 9.69 Å². The summed E-state index contributed by atoms with van der Waals surface area (Å²) in [5.41, 5.74) is 6.23. The lowest BCUT2D eigenvalue weighted by molar-refractivity contribution is -0.114. The Kier molecular flexibility index (Phi) is 4.98. The Balaban J connectivity index is 1.76. The van der Waals surface area contributed by atoms with Gasteiger partial charge in [0.05, 0.1) is 11.4 Å². The van der Waals surface area contributed by atoms with E-state index >= 15 is 0 Å². The van der Waals surface area contributed by atoms with Crippen LogP contribution in [0.1, 0.15) is 30.9 Å². The molecule has 3 nitrogen and oxygen atoms in total. The number of nitrogens with zero attached hydrogens (tertiary/aromatic N) is 1. The molecule has 0 saturated carbocycles. The van der Waals surface area contributed by atoms with E-state index in [1.54, 1.807) is 4.90 Å². The molecular weight excluding hydrogens is 391 g/mol. The fourth-order valence-corrected chi connectivity index (χ4v) is 4.06. The van der Waals surface area contributed by atoms with E-state index in [2.05, 4.69) is 18.3 Å². The molecule has 1 aliphatic heterocycles. The summed E-state index contributed by atoms with van der Waals surface area (Å²) >= 11 is 12.6. The van der Waals surface area contributed by atoms with Gasteiger partial charge in [-0.25, -0.2) is 0 Å². The molecule has 144 valence electrons. The standard InChI is InChI=1S/C23H22Cl2N2O/c1-13-4-9-21-18(10-13)22(26-16-7-5-14(2)19(24)11-16)23(28)27(21)17-8-6-15(3)20(25)12-17/h5-9,11-13,26H,4,10H2,1-3H3. The highest BCUT2D eigenvalue weighted by Crippen LogP contribution is 2.42. The number of amides is 1. The SMILES string of the molecule is Cc1ccc(NC2=C3CC(C)CC=C3N(c3ccc(C)c(Cl)c3)C2=O)cc1Cl. The van der Waals surface area contributed by atoms with Gasteiger partial charge in [-0.05, 0) is 68.0 Å². The first kappa shape index (κ1) is 19.1. The summed E-state index contributed by atoms with van der Waals surface area (Å²) in [4.78, 5) is 15.2. The van der Waals surface area contributed by atoms with Crippen molar-refractivity contribution in [1.82, 2.24) is 0 Å². The average Bonchev–Trinajstić information content (AvgIpc) is 2.92. The molecule has 1 N–H and O–H groups in total. The quantitative estimate of drug-likeness (QED) is 0.612. The van der Waals surface area contributed by atoms with Crippen molar-refractivity contribution >= 4 is 40.5 Å². The number of rotatable bonds is 3. The minimum absolute atomic E-state index is 0.0630. The van der Waals surface area contributed by atoms with E-state index in [4.69, 9.17) is 23.2 Å². The molecule has 0 aromatic heterocycles. The van der Waals surface area contributed by atoms with Crippen LogP contribution in [0.3, 0.4) is 0 Å². The van der Waals surface area contributed by atoms with Crippen molar-refractivity contribution in [2.24, 2.45) is 5.92 Å². The Morgan fingerprint density at radius 2 is 1.71 bits per heavy atom. The van der Waals surface area contributed by atoms with E-state index in [0.29, 0.717) is 21.7 Å². The van der Waals surface area contributed by atoms with E-state index < -0.39 is 0 Å². The first-order chi connectivity index (χ1) is 13.3. The number of halogens is 2. The second-order valence-corrected chi connectivity index (χ2v) is 8.47. The lowest BCUT2D eigenvalue weighted by atomic mass is 9.90. The van der Waals surface area contributed by atoms with Gasteiger partial charge in [-0.1, -0.05) is 48.3 Å². The summed E-state index contributed by atoms with van der Waals surface area (Å²) in [7, 11) is 0.